The van der Waals surface area contributed by atoms with Gasteiger partial charge in [-0.2, -0.15) is 5.10 Å². The SMILES string of the molecule is CCOC(=O)COc1c(Cl)cc(/C=N/Nc2ccc([N+](=O)[O-])cn2)cc1OC. The first-order valence-electron chi connectivity index (χ1n) is 8.00. The fourth-order valence-electron chi connectivity index (χ4n) is 2.02. The van der Waals surface area contributed by atoms with Crippen molar-refractivity contribution in [2.75, 3.05) is 25.7 Å². The summed E-state index contributed by atoms with van der Waals surface area (Å²) in [6, 6.07) is 5.91. The molecule has 1 heterocycles. The fraction of sp³-hybridized carbons (Fsp3) is 0.235. The molecule has 10 nitrogen and oxygen atoms in total. The van der Waals surface area contributed by atoms with Crippen LogP contribution in [0.15, 0.2) is 35.6 Å². The molecule has 0 radical (unpaired) electrons. The van der Waals surface area contributed by atoms with Crippen molar-refractivity contribution in [3.63, 3.8) is 0 Å². The van der Waals surface area contributed by atoms with Gasteiger partial charge in [0, 0.05) is 6.07 Å². The van der Waals surface area contributed by atoms with E-state index < -0.39 is 10.9 Å². The number of rotatable bonds is 9. The molecule has 2 rings (SSSR count). The van der Waals surface area contributed by atoms with Crippen molar-refractivity contribution < 1.29 is 23.9 Å². The van der Waals surface area contributed by atoms with Gasteiger partial charge < -0.3 is 14.2 Å². The van der Waals surface area contributed by atoms with Crippen LogP contribution in [0, 0.1) is 10.1 Å². The molecule has 0 spiro atoms. The lowest BCUT2D eigenvalue weighted by atomic mass is 10.2. The highest BCUT2D eigenvalue weighted by molar-refractivity contribution is 6.32. The van der Waals surface area contributed by atoms with Crippen LogP contribution in [0.1, 0.15) is 12.5 Å². The van der Waals surface area contributed by atoms with E-state index in [0.717, 1.165) is 6.20 Å². The van der Waals surface area contributed by atoms with E-state index in [9.17, 15) is 14.9 Å². The average molecular weight is 409 g/mol. The number of carbonyl (C=O) groups is 1. The number of nitro groups is 1. The quantitative estimate of drug-likeness (QED) is 0.290. The number of halogens is 1. The molecule has 0 aliphatic carbocycles. The maximum Gasteiger partial charge on any atom is 0.344 e. The molecule has 0 aliphatic heterocycles. The van der Waals surface area contributed by atoms with Crippen LogP contribution in [-0.4, -0.2) is 42.4 Å². The highest BCUT2D eigenvalue weighted by atomic mass is 35.5. The molecule has 28 heavy (non-hydrogen) atoms. The van der Waals surface area contributed by atoms with Crippen LogP contribution in [0.2, 0.25) is 5.02 Å². The number of pyridine rings is 1. The van der Waals surface area contributed by atoms with Gasteiger partial charge in [-0.15, -0.1) is 0 Å². The summed E-state index contributed by atoms with van der Waals surface area (Å²) in [5.74, 6) is 0.325. The Morgan fingerprint density at radius 1 is 1.43 bits per heavy atom. The van der Waals surface area contributed by atoms with E-state index in [1.54, 1.807) is 19.1 Å². The minimum absolute atomic E-state index is 0.121. The van der Waals surface area contributed by atoms with Gasteiger partial charge in [0.15, 0.2) is 18.1 Å². The molecule has 11 heteroatoms. The van der Waals surface area contributed by atoms with E-state index in [1.165, 1.54) is 25.5 Å². The van der Waals surface area contributed by atoms with Crippen molar-refractivity contribution in [3.8, 4) is 11.5 Å². The first-order valence-corrected chi connectivity index (χ1v) is 8.37. The smallest absolute Gasteiger partial charge is 0.344 e. The number of nitrogens with one attached hydrogen (secondary N) is 1. The van der Waals surface area contributed by atoms with Crippen LogP contribution in [0.3, 0.4) is 0 Å². The Bertz CT molecular complexity index is 873. The number of anilines is 1. The first-order chi connectivity index (χ1) is 13.4. The summed E-state index contributed by atoms with van der Waals surface area (Å²) >= 11 is 6.20. The van der Waals surface area contributed by atoms with Gasteiger partial charge >= 0.3 is 5.97 Å². The number of hydrazone groups is 1. The number of nitrogens with zero attached hydrogens (tertiary/aromatic N) is 3. The van der Waals surface area contributed by atoms with E-state index in [0.29, 0.717) is 17.1 Å². The Labute approximate surface area is 165 Å². The number of ether oxygens (including phenoxy) is 3. The first kappa shape index (κ1) is 20.9. The van der Waals surface area contributed by atoms with Crippen LogP contribution in [0.4, 0.5) is 11.5 Å². The number of hydrogen-bond acceptors (Lipinski definition) is 9. The third-order valence-electron chi connectivity index (χ3n) is 3.24. The molecule has 0 atom stereocenters. The second-order valence-corrected chi connectivity index (χ2v) is 5.56. The van der Waals surface area contributed by atoms with E-state index in [2.05, 4.69) is 15.5 Å². The zero-order valence-corrected chi connectivity index (χ0v) is 15.8. The summed E-state index contributed by atoms with van der Waals surface area (Å²) in [5, 5.41) is 14.8. The lowest BCUT2D eigenvalue weighted by Crippen LogP contribution is -2.15. The van der Waals surface area contributed by atoms with Gasteiger partial charge in [-0.1, -0.05) is 11.6 Å². The maximum absolute atomic E-state index is 11.4. The van der Waals surface area contributed by atoms with Crippen LogP contribution in [0.5, 0.6) is 11.5 Å². The third-order valence-corrected chi connectivity index (χ3v) is 3.52. The second kappa shape index (κ2) is 10.1. The van der Waals surface area contributed by atoms with Gasteiger partial charge in [0.2, 0.25) is 0 Å². The Balaban J connectivity index is 2.07. The molecular formula is C17H17ClN4O6. The van der Waals surface area contributed by atoms with Gasteiger partial charge in [0.1, 0.15) is 12.0 Å². The number of hydrogen-bond donors (Lipinski definition) is 1. The second-order valence-electron chi connectivity index (χ2n) is 5.16. The largest absolute Gasteiger partial charge is 0.493 e. The summed E-state index contributed by atoms with van der Waals surface area (Å²) in [7, 11) is 1.43. The Hall–Kier alpha value is -3.40. The molecule has 0 fully saturated rings. The minimum atomic E-state index is -0.542. The molecule has 0 unspecified atom stereocenters. The number of methoxy groups -OCH3 is 1. The van der Waals surface area contributed by atoms with Gasteiger partial charge in [-0.05, 0) is 30.7 Å². The highest BCUT2D eigenvalue weighted by Gasteiger charge is 2.14. The fourth-order valence-corrected chi connectivity index (χ4v) is 2.29. The Kier molecular flexibility index (Phi) is 7.52. The van der Waals surface area contributed by atoms with Crippen LogP contribution < -0.4 is 14.9 Å². The van der Waals surface area contributed by atoms with E-state index in [-0.39, 0.29) is 29.7 Å². The van der Waals surface area contributed by atoms with Crippen LogP contribution in [0.25, 0.3) is 0 Å². The monoisotopic (exact) mass is 408 g/mol. The summed E-state index contributed by atoms with van der Waals surface area (Å²) in [4.78, 5) is 25.4. The zero-order valence-electron chi connectivity index (χ0n) is 15.0. The minimum Gasteiger partial charge on any atom is -0.493 e. The van der Waals surface area contributed by atoms with Crippen molar-refractivity contribution >= 4 is 35.3 Å². The zero-order chi connectivity index (χ0) is 20.5. The van der Waals surface area contributed by atoms with Gasteiger partial charge in [-0.25, -0.2) is 9.78 Å². The molecule has 148 valence electrons. The van der Waals surface area contributed by atoms with Crippen molar-refractivity contribution in [3.05, 3.63) is 51.2 Å². The Morgan fingerprint density at radius 3 is 2.82 bits per heavy atom. The van der Waals surface area contributed by atoms with Crippen molar-refractivity contribution in [1.29, 1.82) is 0 Å². The molecule has 0 saturated carbocycles. The number of benzene rings is 1. The van der Waals surface area contributed by atoms with Gasteiger partial charge in [0.25, 0.3) is 5.69 Å². The van der Waals surface area contributed by atoms with Crippen LogP contribution in [-0.2, 0) is 9.53 Å². The summed E-state index contributed by atoms with van der Waals surface area (Å²) in [6.07, 6.45) is 2.57. The van der Waals surface area contributed by atoms with Crippen molar-refractivity contribution in [2.45, 2.75) is 6.92 Å². The molecule has 0 bridgehead atoms. The number of esters is 1. The third kappa shape index (κ3) is 5.81. The molecule has 0 saturated heterocycles. The predicted molar refractivity (Wildman–Crippen MR) is 102 cm³/mol. The Morgan fingerprint density at radius 2 is 2.21 bits per heavy atom. The molecule has 1 aromatic carbocycles. The van der Waals surface area contributed by atoms with Gasteiger partial charge in [0.05, 0.1) is 29.9 Å². The molecule has 2 aromatic rings. The summed E-state index contributed by atoms with van der Waals surface area (Å²) < 4.78 is 15.4. The molecule has 0 aliphatic rings. The molecule has 0 amide bonds. The lowest BCUT2D eigenvalue weighted by molar-refractivity contribution is -0.385. The molecule has 1 N–H and O–H groups in total. The number of carbonyl (C=O) groups excluding carboxylic acids is 1. The lowest BCUT2D eigenvalue weighted by Gasteiger charge is -2.12. The average Bonchev–Trinajstić information content (AvgIpc) is 2.67. The van der Waals surface area contributed by atoms with Crippen molar-refractivity contribution in [2.24, 2.45) is 5.10 Å². The maximum atomic E-state index is 11.4. The molecular weight excluding hydrogens is 392 g/mol. The summed E-state index contributed by atoms with van der Waals surface area (Å²) in [6.45, 7) is 1.64. The summed E-state index contributed by atoms with van der Waals surface area (Å²) in [5.41, 5.74) is 3.11. The molecule has 1 aromatic heterocycles. The van der Waals surface area contributed by atoms with Crippen molar-refractivity contribution in [1.82, 2.24) is 4.98 Å². The number of aromatic nitrogens is 1. The standard InChI is InChI=1S/C17H17ClN4O6/c1-3-27-16(23)10-28-17-13(18)6-11(7-14(17)26-2)8-20-21-15-5-4-12(9-19-15)22(24)25/h4-9H,3,10H2,1-2H3,(H,19,21)/b20-8+. The highest BCUT2D eigenvalue weighted by Crippen LogP contribution is 2.36. The van der Waals surface area contributed by atoms with E-state index in [4.69, 9.17) is 25.8 Å². The van der Waals surface area contributed by atoms with Crippen LogP contribution >= 0.6 is 11.6 Å². The predicted octanol–water partition coefficient (Wildman–Crippen LogP) is 3.04. The van der Waals surface area contributed by atoms with E-state index in [1.807, 2.05) is 0 Å². The van der Waals surface area contributed by atoms with Gasteiger partial charge in [-0.3, -0.25) is 15.5 Å². The topological polar surface area (TPSA) is 125 Å². The normalized spacial score (nSPS) is 10.5. The van der Waals surface area contributed by atoms with E-state index >= 15 is 0 Å².